The summed E-state index contributed by atoms with van der Waals surface area (Å²) in [5.74, 6) is 0.248. The minimum absolute atomic E-state index is 0.310. The first-order valence-electron chi connectivity index (χ1n) is 9.40. The van der Waals surface area contributed by atoms with Crippen LogP contribution >= 0.6 is 0 Å². The molecule has 140 valence electrons. The number of nitrogens with zero attached hydrogens (tertiary/aromatic N) is 5. The highest BCUT2D eigenvalue weighted by Crippen LogP contribution is 2.33. The van der Waals surface area contributed by atoms with E-state index in [9.17, 15) is 4.79 Å². The van der Waals surface area contributed by atoms with E-state index >= 15 is 0 Å². The van der Waals surface area contributed by atoms with Gasteiger partial charge in [-0.3, -0.25) is 9.67 Å². The molecule has 0 amide bonds. The Labute approximate surface area is 157 Å². The third kappa shape index (κ3) is 3.63. The molecule has 0 N–H and O–H groups in total. The van der Waals surface area contributed by atoms with Crippen molar-refractivity contribution < 1.29 is 9.53 Å². The second-order valence-electron chi connectivity index (χ2n) is 6.81. The Morgan fingerprint density at radius 2 is 2.07 bits per heavy atom. The van der Waals surface area contributed by atoms with Gasteiger partial charge in [0.15, 0.2) is 0 Å². The van der Waals surface area contributed by atoms with Crippen LogP contribution in [-0.2, 0) is 11.3 Å². The van der Waals surface area contributed by atoms with E-state index in [1.807, 2.05) is 42.1 Å². The fraction of sp³-hybridized carbons (Fsp3) is 0.400. The smallest absolute Gasteiger partial charge is 0.341 e. The molecule has 3 aromatic rings. The fourth-order valence-corrected chi connectivity index (χ4v) is 3.76. The Balaban J connectivity index is 1.60. The lowest BCUT2D eigenvalue weighted by molar-refractivity contribution is 0.0526. The molecule has 1 aliphatic rings. The molecule has 0 saturated carbocycles. The topological polar surface area (TPSA) is 73.1 Å². The highest BCUT2D eigenvalue weighted by atomic mass is 16.5. The van der Waals surface area contributed by atoms with Gasteiger partial charge >= 0.3 is 5.97 Å². The first kappa shape index (κ1) is 17.5. The molecule has 7 nitrogen and oxygen atoms in total. The second-order valence-corrected chi connectivity index (χ2v) is 6.81. The molecule has 7 heteroatoms. The quantitative estimate of drug-likeness (QED) is 0.647. The SMILES string of the molecule is CCOC(=O)c1cnc2ccccc2c1N1CCC(Cn2ccnn2)CC1. The molecular formula is C20H23N5O2. The van der Waals surface area contributed by atoms with Crippen molar-refractivity contribution in [2.75, 3.05) is 24.6 Å². The van der Waals surface area contributed by atoms with Crippen LogP contribution in [0.1, 0.15) is 30.1 Å². The van der Waals surface area contributed by atoms with Crippen LogP contribution in [0.2, 0.25) is 0 Å². The van der Waals surface area contributed by atoms with Crippen LogP contribution in [0.5, 0.6) is 0 Å². The number of rotatable bonds is 5. The number of pyridine rings is 1. The largest absolute Gasteiger partial charge is 0.462 e. The molecule has 0 unspecified atom stereocenters. The van der Waals surface area contributed by atoms with Gasteiger partial charge in [0.25, 0.3) is 0 Å². The fourth-order valence-electron chi connectivity index (χ4n) is 3.76. The minimum Gasteiger partial charge on any atom is -0.462 e. The number of ether oxygens (including phenoxy) is 1. The van der Waals surface area contributed by atoms with E-state index in [1.54, 1.807) is 12.4 Å². The Hall–Kier alpha value is -2.96. The zero-order valence-corrected chi connectivity index (χ0v) is 15.4. The van der Waals surface area contributed by atoms with Gasteiger partial charge in [-0.2, -0.15) is 0 Å². The number of fused-ring (bicyclic) bond motifs is 1. The standard InChI is InChI=1S/C20H23N5O2/c1-2-27-20(26)17-13-21-18-6-4-3-5-16(18)19(17)24-10-7-15(8-11-24)14-25-12-9-22-23-25/h3-6,9,12-13,15H,2,7-8,10-11,14H2,1H3. The van der Waals surface area contributed by atoms with Crippen molar-refractivity contribution in [3.05, 3.63) is 48.4 Å². The van der Waals surface area contributed by atoms with Gasteiger partial charge < -0.3 is 9.64 Å². The van der Waals surface area contributed by atoms with E-state index in [0.29, 0.717) is 18.1 Å². The van der Waals surface area contributed by atoms with Crippen LogP contribution in [0.3, 0.4) is 0 Å². The molecule has 0 bridgehead atoms. The lowest BCUT2D eigenvalue weighted by atomic mass is 9.95. The van der Waals surface area contributed by atoms with E-state index in [1.165, 1.54) is 0 Å². The Morgan fingerprint density at radius 1 is 1.26 bits per heavy atom. The van der Waals surface area contributed by atoms with E-state index in [4.69, 9.17) is 4.74 Å². The van der Waals surface area contributed by atoms with Gasteiger partial charge in [0.1, 0.15) is 5.56 Å². The van der Waals surface area contributed by atoms with Gasteiger partial charge in [-0.1, -0.05) is 23.4 Å². The number of aromatic nitrogens is 4. The van der Waals surface area contributed by atoms with Crippen LogP contribution in [0.25, 0.3) is 10.9 Å². The monoisotopic (exact) mass is 365 g/mol. The summed E-state index contributed by atoms with van der Waals surface area (Å²) >= 11 is 0. The third-order valence-corrected chi connectivity index (χ3v) is 5.09. The lowest BCUT2D eigenvalue weighted by Crippen LogP contribution is -2.36. The van der Waals surface area contributed by atoms with Crippen molar-refractivity contribution in [3.8, 4) is 0 Å². The molecule has 1 aliphatic heterocycles. The molecule has 0 aliphatic carbocycles. The van der Waals surface area contributed by atoms with Crippen molar-refractivity contribution in [1.82, 2.24) is 20.0 Å². The van der Waals surface area contributed by atoms with Crippen LogP contribution in [0.4, 0.5) is 5.69 Å². The van der Waals surface area contributed by atoms with Gasteiger partial charge in [-0.05, 0) is 31.7 Å². The molecule has 1 saturated heterocycles. The predicted octanol–water partition coefficient (Wildman–Crippen LogP) is 2.92. The Bertz CT molecular complexity index is 917. The van der Waals surface area contributed by atoms with Crippen molar-refractivity contribution in [2.24, 2.45) is 5.92 Å². The number of esters is 1. The lowest BCUT2D eigenvalue weighted by Gasteiger charge is -2.35. The van der Waals surface area contributed by atoms with Crippen LogP contribution in [0, 0.1) is 5.92 Å². The van der Waals surface area contributed by atoms with Crippen molar-refractivity contribution in [2.45, 2.75) is 26.3 Å². The zero-order valence-electron chi connectivity index (χ0n) is 15.4. The van der Waals surface area contributed by atoms with Crippen molar-refractivity contribution >= 4 is 22.6 Å². The molecular weight excluding hydrogens is 342 g/mol. The maximum absolute atomic E-state index is 12.5. The third-order valence-electron chi connectivity index (χ3n) is 5.09. The number of anilines is 1. The summed E-state index contributed by atoms with van der Waals surface area (Å²) in [6, 6.07) is 7.96. The Morgan fingerprint density at radius 3 is 2.81 bits per heavy atom. The summed E-state index contributed by atoms with van der Waals surface area (Å²) in [5.41, 5.74) is 2.38. The first-order valence-corrected chi connectivity index (χ1v) is 9.40. The summed E-state index contributed by atoms with van der Waals surface area (Å²) in [6.07, 6.45) is 7.35. The van der Waals surface area contributed by atoms with Gasteiger partial charge in [0, 0.05) is 37.4 Å². The molecule has 2 aromatic heterocycles. The summed E-state index contributed by atoms with van der Waals surface area (Å²) in [4.78, 5) is 19.3. The van der Waals surface area contributed by atoms with E-state index in [2.05, 4.69) is 20.2 Å². The van der Waals surface area contributed by atoms with Crippen LogP contribution < -0.4 is 4.90 Å². The molecule has 0 spiro atoms. The number of hydrogen-bond donors (Lipinski definition) is 0. The van der Waals surface area contributed by atoms with E-state index in [-0.39, 0.29) is 5.97 Å². The van der Waals surface area contributed by atoms with E-state index < -0.39 is 0 Å². The second kappa shape index (κ2) is 7.73. The number of benzene rings is 1. The summed E-state index contributed by atoms with van der Waals surface area (Å²) in [6.45, 7) is 4.84. The van der Waals surface area contributed by atoms with E-state index in [0.717, 1.165) is 49.1 Å². The number of hydrogen-bond acceptors (Lipinski definition) is 6. The van der Waals surface area contributed by atoms with Crippen molar-refractivity contribution in [1.29, 1.82) is 0 Å². The van der Waals surface area contributed by atoms with Gasteiger partial charge in [0.2, 0.25) is 0 Å². The predicted molar refractivity (Wildman–Crippen MR) is 103 cm³/mol. The number of para-hydroxylation sites is 1. The maximum atomic E-state index is 12.5. The first-order chi connectivity index (χ1) is 13.3. The molecule has 0 radical (unpaired) electrons. The van der Waals surface area contributed by atoms with Gasteiger partial charge in [-0.25, -0.2) is 4.79 Å². The number of carbonyl (C=O) groups excluding carboxylic acids is 1. The average molecular weight is 365 g/mol. The van der Waals surface area contributed by atoms with Crippen LogP contribution in [-0.4, -0.2) is 45.6 Å². The molecule has 1 aromatic carbocycles. The molecule has 1 fully saturated rings. The summed E-state index contributed by atoms with van der Waals surface area (Å²) in [7, 11) is 0. The normalized spacial score (nSPS) is 15.2. The molecule has 4 rings (SSSR count). The van der Waals surface area contributed by atoms with Crippen LogP contribution in [0.15, 0.2) is 42.9 Å². The Kier molecular flexibility index (Phi) is 5.00. The molecule has 3 heterocycles. The van der Waals surface area contributed by atoms with Gasteiger partial charge in [0.05, 0.1) is 24.0 Å². The maximum Gasteiger partial charge on any atom is 0.341 e. The zero-order chi connectivity index (χ0) is 18.6. The summed E-state index contributed by atoms with van der Waals surface area (Å²) < 4.78 is 7.17. The average Bonchev–Trinajstić information content (AvgIpc) is 3.21. The number of piperidine rings is 1. The highest BCUT2D eigenvalue weighted by Gasteiger charge is 2.26. The molecule has 27 heavy (non-hydrogen) atoms. The molecule has 0 atom stereocenters. The van der Waals surface area contributed by atoms with Gasteiger partial charge in [-0.15, -0.1) is 5.10 Å². The minimum atomic E-state index is -0.310. The highest BCUT2D eigenvalue weighted by molar-refractivity contribution is 6.05. The van der Waals surface area contributed by atoms with Crippen molar-refractivity contribution in [3.63, 3.8) is 0 Å². The summed E-state index contributed by atoms with van der Waals surface area (Å²) in [5, 5.41) is 8.94. The number of carbonyl (C=O) groups is 1.